The van der Waals surface area contributed by atoms with Gasteiger partial charge in [0.25, 0.3) is 0 Å². The first-order valence-corrected chi connectivity index (χ1v) is 14.1. The lowest BCUT2D eigenvalue weighted by Crippen LogP contribution is -2.57. The fourth-order valence-electron chi connectivity index (χ4n) is 4.18. The van der Waals surface area contributed by atoms with Crippen molar-refractivity contribution in [1.29, 1.82) is 0 Å². The first-order chi connectivity index (χ1) is 16.5. The van der Waals surface area contributed by atoms with Crippen LogP contribution in [0.5, 0.6) is 0 Å². The summed E-state index contributed by atoms with van der Waals surface area (Å²) in [4.78, 5) is 5.22. The number of aromatic nitrogens is 5. The van der Waals surface area contributed by atoms with Gasteiger partial charge < -0.3 is 10.6 Å². The Morgan fingerprint density at radius 1 is 1.09 bits per heavy atom. The maximum absolute atomic E-state index is 13.3. The van der Waals surface area contributed by atoms with E-state index in [9.17, 15) is 16.8 Å². The van der Waals surface area contributed by atoms with Crippen molar-refractivity contribution in [3.8, 4) is 22.5 Å². The first kappa shape index (κ1) is 23.7. The highest BCUT2D eigenvalue weighted by Gasteiger charge is 2.35. The van der Waals surface area contributed by atoms with Crippen LogP contribution >= 0.6 is 11.3 Å². The number of sulfonamides is 2. The number of hydrogen-bond donors (Lipinski definition) is 3. The minimum atomic E-state index is -4.58. The first-order valence-electron chi connectivity index (χ1n) is 10.2. The third kappa shape index (κ3) is 4.17. The molecule has 0 spiro atoms. The van der Waals surface area contributed by atoms with Gasteiger partial charge in [0.1, 0.15) is 9.79 Å². The Balaban J connectivity index is 1.84. The molecule has 2 aromatic heterocycles. The molecular formula is C19H21N9O4S3. The number of primary sulfonamides is 1. The van der Waals surface area contributed by atoms with Gasteiger partial charge in [-0.05, 0) is 35.2 Å². The minimum absolute atomic E-state index is 0.0182. The van der Waals surface area contributed by atoms with Crippen molar-refractivity contribution in [2.75, 3.05) is 25.9 Å². The Labute approximate surface area is 204 Å². The Kier molecular flexibility index (Phi) is 5.61. The van der Waals surface area contributed by atoms with Gasteiger partial charge in [0.15, 0.2) is 11.0 Å². The van der Waals surface area contributed by atoms with Crippen LogP contribution < -0.4 is 15.6 Å². The van der Waals surface area contributed by atoms with Gasteiger partial charge in [-0.15, -0.1) is 5.10 Å². The summed E-state index contributed by atoms with van der Waals surface area (Å²) in [5, 5.41) is 17.4. The van der Waals surface area contributed by atoms with E-state index in [1.165, 1.54) is 35.2 Å². The van der Waals surface area contributed by atoms with Crippen LogP contribution in [0.2, 0.25) is 0 Å². The normalized spacial score (nSPS) is 15.5. The van der Waals surface area contributed by atoms with E-state index in [4.69, 9.17) is 10.9 Å². The SMILES string of the molecule is CN1CC(NS(=O)(=O)c2ccc(-c3cccc4sc(N)nc34)c(-c3nnnn3C)c2S(N)(=O)=O)C1. The molecule has 3 heterocycles. The topological polar surface area (TPSA) is 192 Å². The van der Waals surface area contributed by atoms with E-state index in [1.54, 1.807) is 12.1 Å². The molecule has 1 aliphatic heterocycles. The summed E-state index contributed by atoms with van der Waals surface area (Å²) < 4.78 is 57.2. The number of thiazole rings is 1. The highest BCUT2D eigenvalue weighted by Crippen LogP contribution is 2.42. The Morgan fingerprint density at radius 3 is 2.46 bits per heavy atom. The second-order valence-electron chi connectivity index (χ2n) is 8.23. The van der Waals surface area contributed by atoms with E-state index in [0.29, 0.717) is 34.9 Å². The quantitative estimate of drug-likeness (QED) is 0.302. The second-order valence-corrected chi connectivity index (χ2v) is 12.5. The molecule has 0 unspecified atom stereocenters. The number of fused-ring (bicyclic) bond motifs is 1. The van der Waals surface area contributed by atoms with Crippen molar-refractivity contribution in [1.82, 2.24) is 34.8 Å². The van der Waals surface area contributed by atoms with Crippen molar-refractivity contribution in [3.63, 3.8) is 0 Å². The summed E-state index contributed by atoms with van der Waals surface area (Å²) >= 11 is 1.27. The number of anilines is 1. The van der Waals surface area contributed by atoms with Gasteiger partial charge in [0, 0.05) is 31.7 Å². The summed E-state index contributed by atoms with van der Waals surface area (Å²) in [5.74, 6) is 0.0182. The van der Waals surface area contributed by atoms with Gasteiger partial charge in [-0.25, -0.2) is 36.4 Å². The van der Waals surface area contributed by atoms with Gasteiger partial charge in [-0.1, -0.05) is 29.5 Å². The predicted molar refractivity (Wildman–Crippen MR) is 130 cm³/mol. The summed E-state index contributed by atoms with van der Waals surface area (Å²) in [7, 11) is -5.49. The van der Waals surface area contributed by atoms with E-state index in [-0.39, 0.29) is 17.4 Å². The van der Waals surface area contributed by atoms with Gasteiger partial charge in [-0.2, -0.15) is 0 Å². The number of likely N-dealkylation sites (N-methyl/N-ethyl adjacent to an activating group) is 1. The lowest BCUT2D eigenvalue weighted by Gasteiger charge is -2.36. The maximum atomic E-state index is 13.3. The molecule has 5 rings (SSSR count). The lowest BCUT2D eigenvalue weighted by molar-refractivity contribution is 0.180. The van der Waals surface area contributed by atoms with Gasteiger partial charge in [0.2, 0.25) is 20.0 Å². The van der Waals surface area contributed by atoms with E-state index in [2.05, 4.69) is 25.2 Å². The highest BCUT2D eigenvalue weighted by atomic mass is 32.2. The summed E-state index contributed by atoms with van der Waals surface area (Å²) in [6, 6.07) is 7.70. The molecule has 0 bridgehead atoms. The van der Waals surface area contributed by atoms with Gasteiger partial charge in [-0.3, -0.25) is 0 Å². The number of tetrazole rings is 1. The van der Waals surface area contributed by atoms with Crippen LogP contribution in [-0.4, -0.2) is 73.1 Å². The van der Waals surface area contributed by atoms with Crippen LogP contribution in [0.1, 0.15) is 0 Å². The van der Waals surface area contributed by atoms with Crippen LogP contribution in [0.3, 0.4) is 0 Å². The molecule has 1 aliphatic rings. The molecule has 5 N–H and O–H groups in total. The molecule has 13 nitrogen and oxygen atoms in total. The maximum Gasteiger partial charge on any atom is 0.242 e. The van der Waals surface area contributed by atoms with E-state index >= 15 is 0 Å². The Bertz CT molecular complexity index is 1670. The minimum Gasteiger partial charge on any atom is -0.375 e. The summed E-state index contributed by atoms with van der Waals surface area (Å²) in [6.45, 7) is 0.991. The van der Waals surface area contributed by atoms with Crippen LogP contribution in [0.25, 0.3) is 32.7 Å². The van der Waals surface area contributed by atoms with E-state index in [1.807, 2.05) is 18.0 Å². The fourth-order valence-corrected chi connectivity index (χ4v) is 7.77. The number of aryl methyl sites for hydroxylation is 1. The third-order valence-corrected chi connectivity index (χ3v) is 9.19. The predicted octanol–water partition coefficient (Wildman–Crippen LogP) is -0.0243. The van der Waals surface area contributed by atoms with Crippen molar-refractivity contribution in [2.24, 2.45) is 12.2 Å². The number of nitrogens with one attached hydrogen (secondary N) is 1. The number of hydrogen-bond acceptors (Lipinski definition) is 11. The molecule has 4 aromatic rings. The molecule has 0 amide bonds. The molecule has 1 saturated heterocycles. The third-order valence-electron chi connectivity index (χ3n) is 5.65. The average molecular weight is 536 g/mol. The number of rotatable bonds is 6. The molecule has 0 aliphatic carbocycles. The average Bonchev–Trinajstić information content (AvgIpc) is 3.34. The molecule has 1 fully saturated rings. The summed E-state index contributed by atoms with van der Waals surface area (Å²) in [5.41, 5.74) is 7.25. The van der Waals surface area contributed by atoms with Crippen LogP contribution in [0.15, 0.2) is 40.1 Å². The number of nitrogens with zero attached hydrogens (tertiary/aromatic N) is 6. The molecular weight excluding hydrogens is 514 g/mol. The zero-order valence-corrected chi connectivity index (χ0v) is 21.0. The zero-order chi connectivity index (χ0) is 25.1. The largest absolute Gasteiger partial charge is 0.375 e. The van der Waals surface area contributed by atoms with Crippen molar-refractivity contribution in [3.05, 3.63) is 30.3 Å². The number of para-hydroxylation sites is 1. The highest BCUT2D eigenvalue weighted by molar-refractivity contribution is 7.92. The summed E-state index contributed by atoms with van der Waals surface area (Å²) in [6.07, 6.45) is 0. The van der Waals surface area contributed by atoms with E-state index < -0.39 is 29.8 Å². The van der Waals surface area contributed by atoms with Gasteiger partial charge >= 0.3 is 0 Å². The smallest absolute Gasteiger partial charge is 0.242 e. The number of nitrogen functional groups attached to an aromatic ring is 1. The second kappa shape index (κ2) is 8.28. The number of benzene rings is 2. The number of likely N-dealkylation sites (tertiary alicyclic amines) is 1. The van der Waals surface area contributed by atoms with Gasteiger partial charge in [0.05, 0.1) is 15.8 Å². The standard InChI is InChI=1S/C19H21N9O4S3/c1-27-8-10(9-27)24-35(31,32)14-7-6-11(12-4-3-5-13-16(12)22-19(20)33-13)15(17(14)34(21,29)30)18-23-25-26-28(18)2/h3-7,10,24H,8-9H2,1-2H3,(H2,20,22)(H2,21,29,30). The Morgan fingerprint density at radius 2 is 1.83 bits per heavy atom. The lowest BCUT2D eigenvalue weighted by atomic mass is 9.98. The number of nitrogens with two attached hydrogens (primary N) is 2. The molecule has 2 aromatic carbocycles. The Hall–Kier alpha value is -3.02. The fraction of sp³-hybridized carbons (Fsp3) is 0.263. The van der Waals surface area contributed by atoms with Crippen LogP contribution in [-0.2, 0) is 27.1 Å². The molecule has 184 valence electrons. The molecule has 0 atom stereocenters. The van der Waals surface area contributed by atoms with E-state index in [0.717, 1.165) is 4.70 Å². The monoisotopic (exact) mass is 535 g/mol. The van der Waals surface area contributed by atoms with Crippen molar-refractivity contribution >= 4 is 46.7 Å². The zero-order valence-electron chi connectivity index (χ0n) is 18.6. The molecule has 35 heavy (non-hydrogen) atoms. The van der Waals surface area contributed by atoms with Crippen LogP contribution in [0.4, 0.5) is 5.13 Å². The molecule has 0 saturated carbocycles. The van der Waals surface area contributed by atoms with Crippen LogP contribution in [0, 0.1) is 0 Å². The van der Waals surface area contributed by atoms with Crippen molar-refractivity contribution in [2.45, 2.75) is 15.8 Å². The molecule has 0 radical (unpaired) electrons. The van der Waals surface area contributed by atoms with Crippen molar-refractivity contribution < 1.29 is 16.8 Å². The molecule has 16 heteroatoms.